The fourth-order valence-corrected chi connectivity index (χ4v) is 2.75. The Morgan fingerprint density at radius 3 is 2.88 bits per heavy atom. The lowest BCUT2D eigenvalue weighted by Gasteiger charge is -2.27. The second-order valence-electron chi connectivity index (χ2n) is 3.55. The molecule has 1 amide bonds. The van der Waals surface area contributed by atoms with E-state index in [-0.39, 0.29) is 17.7 Å². The van der Waals surface area contributed by atoms with Crippen LogP contribution in [-0.4, -0.2) is 45.1 Å². The van der Waals surface area contributed by atoms with E-state index in [0.29, 0.717) is 5.75 Å². The van der Waals surface area contributed by atoms with E-state index < -0.39 is 18.1 Å². The first-order valence-corrected chi connectivity index (χ1v) is 5.89. The van der Waals surface area contributed by atoms with Crippen LogP contribution >= 0.6 is 11.8 Å². The molecular formula is C10H14N2O3S. The molecule has 1 fully saturated rings. The van der Waals surface area contributed by atoms with E-state index in [2.05, 4.69) is 5.92 Å². The zero-order valence-electron chi connectivity index (χ0n) is 8.92. The SMILES string of the molecule is C#CCC(N)C(=O)N1C(C)SCC1C(=O)O. The minimum atomic E-state index is -1.00. The Bertz CT molecular complexity index is 339. The molecule has 0 spiro atoms. The van der Waals surface area contributed by atoms with E-state index >= 15 is 0 Å². The van der Waals surface area contributed by atoms with Gasteiger partial charge in [-0.2, -0.15) is 0 Å². The fraction of sp³-hybridized carbons (Fsp3) is 0.600. The molecule has 1 aliphatic heterocycles. The number of carboxylic acid groups (broad SMARTS) is 1. The van der Waals surface area contributed by atoms with E-state index in [9.17, 15) is 9.59 Å². The molecule has 0 aliphatic carbocycles. The Morgan fingerprint density at radius 2 is 2.38 bits per heavy atom. The number of thioether (sulfide) groups is 1. The molecule has 16 heavy (non-hydrogen) atoms. The Morgan fingerprint density at radius 1 is 1.75 bits per heavy atom. The number of hydrogen-bond acceptors (Lipinski definition) is 4. The van der Waals surface area contributed by atoms with Gasteiger partial charge in [0, 0.05) is 12.2 Å². The molecule has 0 aromatic carbocycles. The normalized spacial score (nSPS) is 26.2. The van der Waals surface area contributed by atoms with Crippen molar-refractivity contribution in [2.45, 2.75) is 30.8 Å². The summed E-state index contributed by atoms with van der Waals surface area (Å²) in [5.74, 6) is 1.31. The Labute approximate surface area is 98.4 Å². The molecule has 88 valence electrons. The molecule has 0 bridgehead atoms. The van der Waals surface area contributed by atoms with Crippen LogP contribution in [0.15, 0.2) is 0 Å². The van der Waals surface area contributed by atoms with Crippen molar-refractivity contribution < 1.29 is 14.7 Å². The number of hydrogen-bond donors (Lipinski definition) is 2. The van der Waals surface area contributed by atoms with Crippen LogP contribution in [0.1, 0.15) is 13.3 Å². The van der Waals surface area contributed by atoms with Crippen LogP contribution in [0.2, 0.25) is 0 Å². The molecule has 3 unspecified atom stereocenters. The molecule has 1 rings (SSSR count). The summed E-state index contributed by atoms with van der Waals surface area (Å²) < 4.78 is 0. The molecular weight excluding hydrogens is 228 g/mol. The largest absolute Gasteiger partial charge is 0.480 e. The van der Waals surface area contributed by atoms with E-state index in [0.717, 1.165) is 0 Å². The van der Waals surface area contributed by atoms with Crippen molar-refractivity contribution in [3.63, 3.8) is 0 Å². The summed E-state index contributed by atoms with van der Waals surface area (Å²) >= 11 is 1.42. The summed E-state index contributed by atoms with van der Waals surface area (Å²) in [6.45, 7) is 1.79. The van der Waals surface area contributed by atoms with Gasteiger partial charge in [-0.05, 0) is 6.92 Å². The lowest BCUT2D eigenvalue weighted by atomic mass is 10.1. The molecule has 1 heterocycles. The summed E-state index contributed by atoms with van der Waals surface area (Å²) in [7, 11) is 0. The van der Waals surface area contributed by atoms with Crippen molar-refractivity contribution in [3.05, 3.63) is 0 Å². The minimum Gasteiger partial charge on any atom is -0.480 e. The van der Waals surface area contributed by atoms with E-state index in [4.69, 9.17) is 17.3 Å². The predicted octanol–water partition coefficient (Wildman–Crippen LogP) is -0.288. The smallest absolute Gasteiger partial charge is 0.327 e. The van der Waals surface area contributed by atoms with Crippen molar-refractivity contribution in [1.29, 1.82) is 0 Å². The highest BCUT2D eigenvalue weighted by Crippen LogP contribution is 2.29. The van der Waals surface area contributed by atoms with Gasteiger partial charge in [0.15, 0.2) is 0 Å². The molecule has 3 N–H and O–H groups in total. The maximum Gasteiger partial charge on any atom is 0.327 e. The Hall–Kier alpha value is -1.19. The van der Waals surface area contributed by atoms with Crippen molar-refractivity contribution in [2.75, 3.05) is 5.75 Å². The van der Waals surface area contributed by atoms with Crippen LogP contribution in [0.3, 0.4) is 0 Å². The summed E-state index contributed by atoms with van der Waals surface area (Å²) in [6, 6.07) is -1.61. The lowest BCUT2D eigenvalue weighted by Crippen LogP contribution is -2.51. The zero-order chi connectivity index (χ0) is 12.3. The minimum absolute atomic E-state index is 0.124. The number of carboxylic acids is 1. The number of nitrogens with two attached hydrogens (primary N) is 1. The van der Waals surface area contributed by atoms with Gasteiger partial charge in [-0.25, -0.2) is 4.79 Å². The van der Waals surface area contributed by atoms with Gasteiger partial charge in [0.05, 0.1) is 11.4 Å². The molecule has 0 saturated carbocycles. The highest BCUT2D eigenvalue weighted by Gasteiger charge is 2.40. The third kappa shape index (κ3) is 2.49. The van der Waals surface area contributed by atoms with Gasteiger partial charge in [-0.1, -0.05) is 0 Å². The Balaban J connectivity index is 2.80. The predicted molar refractivity (Wildman–Crippen MR) is 61.6 cm³/mol. The fourth-order valence-electron chi connectivity index (χ4n) is 1.57. The van der Waals surface area contributed by atoms with Crippen LogP contribution in [0.5, 0.6) is 0 Å². The van der Waals surface area contributed by atoms with Crippen LogP contribution in [0, 0.1) is 12.3 Å². The second-order valence-corrected chi connectivity index (χ2v) is 4.90. The van der Waals surface area contributed by atoms with Gasteiger partial charge >= 0.3 is 5.97 Å². The standard InChI is InChI=1S/C10H14N2O3S/c1-3-4-7(11)9(13)12-6(2)16-5-8(12)10(14)15/h1,6-8H,4-5,11H2,2H3,(H,14,15). The molecule has 1 aliphatic rings. The molecule has 6 heteroatoms. The van der Waals surface area contributed by atoms with E-state index in [1.54, 1.807) is 6.92 Å². The van der Waals surface area contributed by atoms with Gasteiger partial charge in [0.1, 0.15) is 6.04 Å². The third-order valence-electron chi connectivity index (χ3n) is 2.42. The van der Waals surface area contributed by atoms with Gasteiger partial charge in [0.25, 0.3) is 0 Å². The van der Waals surface area contributed by atoms with E-state index in [1.165, 1.54) is 16.7 Å². The number of terminal acetylenes is 1. The van der Waals surface area contributed by atoms with Crippen molar-refractivity contribution in [3.8, 4) is 12.3 Å². The number of aliphatic carboxylic acids is 1. The van der Waals surface area contributed by atoms with Crippen molar-refractivity contribution >= 4 is 23.6 Å². The van der Waals surface area contributed by atoms with Crippen LogP contribution in [0.4, 0.5) is 0 Å². The maximum absolute atomic E-state index is 11.9. The van der Waals surface area contributed by atoms with Gasteiger partial charge in [-0.3, -0.25) is 4.79 Å². The first-order chi connectivity index (χ1) is 7.49. The number of carbonyl (C=O) groups excluding carboxylic acids is 1. The quantitative estimate of drug-likeness (QED) is 0.665. The summed E-state index contributed by atoms with van der Waals surface area (Å²) in [6.07, 6.45) is 5.20. The molecule has 0 radical (unpaired) electrons. The highest BCUT2D eigenvalue weighted by molar-refractivity contribution is 8.00. The summed E-state index contributed by atoms with van der Waals surface area (Å²) in [4.78, 5) is 24.2. The summed E-state index contributed by atoms with van der Waals surface area (Å²) in [5, 5.41) is 8.80. The average Bonchev–Trinajstić information content (AvgIpc) is 2.59. The van der Waals surface area contributed by atoms with Crippen LogP contribution in [-0.2, 0) is 9.59 Å². The number of amides is 1. The molecule has 3 atom stereocenters. The lowest BCUT2D eigenvalue weighted by molar-refractivity contribution is -0.149. The first kappa shape index (κ1) is 12.9. The monoisotopic (exact) mass is 242 g/mol. The van der Waals surface area contributed by atoms with Gasteiger partial charge in [-0.15, -0.1) is 24.1 Å². The first-order valence-electron chi connectivity index (χ1n) is 4.84. The van der Waals surface area contributed by atoms with Gasteiger partial charge < -0.3 is 15.7 Å². The zero-order valence-corrected chi connectivity index (χ0v) is 9.74. The van der Waals surface area contributed by atoms with Crippen molar-refractivity contribution in [1.82, 2.24) is 4.90 Å². The molecule has 1 saturated heterocycles. The topological polar surface area (TPSA) is 83.6 Å². The van der Waals surface area contributed by atoms with Crippen molar-refractivity contribution in [2.24, 2.45) is 5.73 Å². The number of carbonyl (C=O) groups is 2. The van der Waals surface area contributed by atoms with Crippen LogP contribution < -0.4 is 5.73 Å². The number of nitrogens with zero attached hydrogens (tertiary/aromatic N) is 1. The van der Waals surface area contributed by atoms with Crippen LogP contribution in [0.25, 0.3) is 0 Å². The average molecular weight is 242 g/mol. The maximum atomic E-state index is 11.9. The third-order valence-corrected chi connectivity index (χ3v) is 3.64. The summed E-state index contributed by atoms with van der Waals surface area (Å²) in [5.41, 5.74) is 5.60. The Kier molecular flexibility index (Phi) is 4.21. The highest BCUT2D eigenvalue weighted by atomic mass is 32.2. The van der Waals surface area contributed by atoms with Gasteiger partial charge in [0.2, 0.25) is 5.91 Å². The molecule has 0 aromatic heterocycles. The molecule has 0 aromatic rings. The second kappa shape index (κ2) is 5.23. The van der Waals surface area contributed by atoms with E-state index in [1.807, 2.05) is 0 Å². The number of rotatable bonds is 3. The molecule has 5 nitrogen and oxygen atoms in total.